The second kappa shape index (κ2) is 3.74. The summed E-state index contributed by atoms with van der Waals surface area (Å²) in [6.07, 6.45) is 1.03. The molecule has 2 aromatic rings. The number of hydrogen-bond donors (Lipinski definition) is 0. The van der Waals surface area contributed by atoms with Crippen LogP contribution in [-0.2, 0) is 6.16 Å². The van der Waals surface area contributed by atoms with Gasteiger partial charge in [0, 0.05) is 0 Å². The Balaban J connectivity index is 2.66. The lowest BCUT2D eigenvalue weighted by atomic mass is 10.1. The molecule has 66 valence electrons. The molecule has 0 heterocycles. The molecule has 0 bridgehead atoms. The zero-order valence-electron chi connectivity index (χ0n) is 7.33. The van der Waals surface area contributed by atoms with Gasteiger partial charge < -0.3 is 0 Å². The van der Waals surface area contributed by atoms with Gasteiger partial charge in [-0.2, -0.15) is 0 Å². The van der Waals surface area contributed by atoms with Crippen molar-refractivity contribution in [2.24, 2.45) is 0 Å². The van der Waals surface area contributed by atoms with Gasteiger partial charge in [0.1, 0.15) is 0 Å². The Hall–Kier alpha value is -0.440. The molecule has 0 aliphatic heterocycles. The van der Waals surface area contributed by atoms with E-state index in [1.165, 1.54) is 21.6 Å². The Morgan fingerprint density at radius 3 is 2.38 bits per heavy atom. The second-order valence-corrected chi connectivity index (χ2v) is 4.22. The van der Waals surface area contributed by atoms with E-state index in [4.69, 9.17) is 0 Å². The first-order valence-electron chi connectivity index (χ1n) is 4.28. The van der Waals surface area contributed by atoms with Crippen LogP contribution in [0.5, 0.6) is 0 Å². The molecule has 0 aromatic heterocycles. The molecule has 13 heavy (non-hydrogen) atoms. The van der Waals surface area contributed by atoms with Gasteiger partial charge in [0.05, 0.1) is 0 Å². The van der Waals surface area contributed by atoms with E-state index < -0.39 is 0 Å². The van der Waals surface area contributed by atoms with Gasteiger partial charge in [0.25, 0.3) is 0 Å². The van der Waals surface area contributed by atoms with E-state index in [-0.39, 0.29) is 0 Å². The fourth-order valence-corrected chi connectivity index (χ4v) is 1.97. The van der Waals surface area contributed by atoms with E-state index in [0.717, 1.165) is 6.16 Å². The van der Waals surface area contributed by atoms with Crippen molar-refractivity contribution in [2.45, 2.75) is 6.16 Å². The number of hydrogen-bond acceptors (Lipinski definition) is 0. The normalized spacial score (nSPS) is 10.6. The van der Waals surface area contributed by atoms with Crippen molar-refractivity contribution in [1.29, 1.82) is 0 Å². The van der Waals surface area contributed by atoms with Crippen molar-refractivity contribution in [3.05, 3.63) is 42.0 Å². The van der Waals surface area contributed by atoms with E-state index in [0.29, 0.717) is 0 Å². The van der Waals surface area contributed by atoms with Gasteiger partial charge in [-0.25, -0.2) is 0 Å². The predicted octanol–water partition coefficient (Wildman–Crippen LogP) is 2.72. The molecule has 2 heteroatoms. The van der Waals surface area contributed by atoms with Crippen LogP contribution in [0.4, 0.5) is 0 Å². The van der Waals surface area contributed by atoms with E-state index in [2.05, 4.69) is 54.9 Å². The summed E-state index contributed by atoms with van der Waals surface area (Å²) >= 11 is 0. The van der Waals surface area contributed by atoms with Crippen LogP contribution in [0, 0.1) is 0 Å². The lowest BCUT2D eigenvalue weighted by Crippen LogP contribution is -1.88. The Morgan fingerprint density at radius 1 is 0.923 bits per heavy atom. The van der Waals surface area contributed by atoms with Crippen LogP contribution in [0.15, 0.2) is 36.4 Å². The molecule has 0 N–H and O–H groups in total. The molecule has 0 radical (unpaired) electrons. The van der Waals surface area contributed by atoms with Crippen LogP contribution in [0.1, 0.15) is 5.56 Å². The maximum atomic E-state index is 2.75. The minimum Gasteiger partial charge on any atom is -0.133 e. The van der Waals surface area contributed by atoms with E-state index in [1.807, 2.05) is 0 Å². The molecule has 2 rings (SSSR count). The Kier molecular flexibility index (Phi) is 2.63. The number of rotatable bonds is 1. The summed E-state index contributed by atoms with van der Waals surface area (Å²) < 4.78 is 0. The Morgan fingerprint density at radius 2 is 1.62 bits per heavy atom. The summed E-state index contributed by atoms with van der Waals surface area (Å²) in [6.45, 7) is 0. The minimum absolute atomic E-state index is 1.03. The molecule has 2 aromatic carbocycles. The molecule has 0 aliphatic rings. The molecule has 0 fully saturated rings. The second-order valence-electron chi connectivity index (χ2n) is 3.15. The van der Waals surface area contributed by atoms with E-state index in [1.54, 1.807) is 0 Å². The van der Waals surface area contributed by atoms with E-state index in [9.17, 15) is 0 Å². The fraction of sp³-hybridized carbons (Fsp3) is 0.0909. The zero-order chi connectivity index (χ0) is 9.26. The van der Waals surface area contributed by atoms with Crippen molar-refractivity contribution in [3.8, 4) is 0 Å². The van der Waals surface area contributed by atoms with Crippen LogP contribution in [0.2, 0.25) is 0 Å². The molecular weight excluding hydrogens is 194 g/mol. The average Bonchev–Trinajstić information content (AvgIpc) is 2.17. The highest BCUT2D eigenvalue weighted by Gasteiger charge is 1.94. The summed E-state index contributed by atoms with van der Waals surface area (Å²) in [7, 11) is 5.47. The van der Waals surface area contributed by atoms with Gasteiger partial charge in [-0.15, -0.1) is 18.5 Å². The van der Waals surface area contributed by atoms with Crippen LogP contribution in [-0.4, -0.2) is 0 Å². The number of benzene rings is 2. The highest BCUT2D eigenvalue weighted by atomic mass is 31.0. The third-order valence-electron chi connectivity index (χ3n) is 2.16. The largest absolute Gasteiger partial charge is 0.133 e. The monoisotopic (exact) mass is 206 g/mol. The summed E-state index contributed by atoms with van der Waals surface area (Å²) in [5.41, 5.74) is 1.37. The maximum Gasteiger partial charge on any atom is -0.0128 e. The SMILES string of the molecule is PCc1ccc2cc(P)ccc2c1. The summed E-state index contributed by atoms with van der Waals surface area (Å²) in [4.78, 5) is 0. The fourth-order valence-electron chi connectivity index (χ4n) is 1.44. The topological polar surface area (TPSA) is 0 Å². The van der Waals surface area contributed by atoms with Crippen molar-refractivity contribution in [1.82, 2.24) is 0 Å². The van der Waals surface area contributed by atoms with Crippen LogP contribution >= 0.6 is 18.5 Å². The first-order chi connectivity index (χ1) is 6.29. The summed E-state index contributed by atoms with van der Waals surface area (Å²) in [6, 6.07) is 13.1. The van der Waals surface area contributed by atoms with Crippen LogP contribution < -0.4 is 5.30 Å². The van der Waals surface area contributed by atoms with E-state index >= 15 is 0 Å². The van der Waals surface area contributed by atoms with Gasteiger partial charge in [-0.1, -0.05) is 30.3 Å². The smallest absolute Gasteiger partial charge is 0.0128 e. The van der Waals surface area contributed by atoms with Gasteiger partial charge in [-0.3, -0.25) is 0 Å². The minimum atomic E-state index is 1.03. The maximum absolute atomic E-state index is 2.75. The molecule has 0 nitrogen and oxygen atoms in total. The summed E-state index contributed by atoms with van der Waals surface area (Å²) in [5.74, 6) is 0. The summed E-state index contributed by atoms with van der Waals surface area (Å²) in [5, 5.41) is 3.88. The van der Waals surface area contributed by atoms with Gasteiger partial charge in [-0.05, 0) is 33.9 Å². The standard InChI is InChI=1S/C11H12P2/c12-7-8-1-2-10-6-11(13)4-3-9(10)5-8/h1-6H,7,12-13H2. The molecular formula is C11H12P2. The van der Waals surface area contributed by atoms with Crippen molar-refractivity contribution in [2.75, 3.05) is 0 Å². The lowest BCUT2D eigenvalue weighted by Gasteiger charge is -2.01. The first-order valence-corrected chi connectivity index (χ1v) is 5.67. The molecule has 0 aliphatic carbocycles. The molecule has 0 amide bonds. The predicted molar refractivity (Wildman–Crippen MR) is 66.7 cm³/mol. The van der Waals surface area contributed by atoms with Crippen LogP contribution in [0.25, 0.3) is 10.8 Å². The zero-order valence-corrected chi connectivity index (χ0v) is 9.64. The van der Waals surface area contributed by atoms with Gasteiger partial charge in [0.2, 0.25) is 0 Å². The first kappa shape index (κ1) is 9.13. The molecule has 0 saturated carbocycles. The van der Waals surface area contributed by atoms with Gasteiger partial charge >= 0.3 is 0 Å². The van der Waals surface area contributed by atoms with Crippen molar-refractivity contribution in [3.63, 3.8) is 0 Å². The Bertz CT molecular complexity index is 435. The van der Waals surface area contributed by atoms with Crippen molar-refractivity contribution >= 4 is 34.6 Å². The number of fused-ring (bicyclic) bond motifs is 1. The molecule has 2 atom stereocenters. The highest BCUT2D eigenvalue weighted by molar-refractivity contribution is 7.27. The molecule has 0 spiro atoms. The van der Waals surface area contributed by atoms with Crippen LogP contribution in [0.3, 0.4) is 0 Å². The van der Waals surface area contributed by atoms with Crippen molar-refractivity contribution < 1.29 is 0 Å². The average molecular weight is 206 g/mol. The quantitative estimate of drug-likeness (QED) is 0.629. The molecule has 2 unspecified atom stereocenters. The lowest BCUT2D eigenvalue weighted by molar-refractivity contribution is 1.45. The molecule has 0 saturated heterocycles. The third-order valence-corrected chi connectivity index (χ3v) is 2.99. The van der Waals surface area contributed by atoms with Gasteiger partial charge in [0.15, 0.2) is 0 Å². The highest BCUT2D eigenvalue weighted by Crippen LogP contribution is 2.17. The Labute approximate surface area is 83.1 Å². The third kappa shape index (κ3) is 1.90.